The number of nitrogens with one attached hydrogen (secondary N) is 1. The van der Waals surface area contributed by atoms with Crippen molar-refractivity contribution in [3.05, 3.63) is 65.0 Å². The van der Waals surface area contributed by atoms with Crippen LogP contribution in [0.4, 0.5) is 0 Å². The fraction of sp³-hybridized carbons (Fsp3) is 0.368. The largest absolute Gasteiger partial charge is 0.379 e. The summed E-state index contributed by atoms with van der Waals surface area (Å²) >= 11 is 0. The maximum Gasteiger partial charge on any atom is 0.253 e. The number of nitrogens with zero attached hydrogens (tertiary/aromatic N) is 2. The van der Waals surface area contributed by atoms with Crippen molar-refractivity contribution < 1.29 is 17.9 Å². The van der Waals surface area contributed by atoms with Gasteiger partial charge >= 0.3 is 0 Å². The summed E-state index contributed by atoms with van der Waals surface area (Å²) < 4.78 is 32.0. The molecule has 1 aliphatic rings. The number of rotatable bonds is 6. The van der Waals surface area contributed by atoms with Gasteiger partial charge in [0.25, 0.3) is 5.91 Å². The first-order valence-electron chi connectivity index (χ1n) is 8.79. The number of carbonyl (C=O) groups excluding carboxylic acids is 1. The number of aromatic nitrogens is 1. The van der Waals surface area contributed by atoms with Gasteiger partial charge in [-0.1, -0.05) is 24.3 Å². The van der Waals surface area contributed by atoms with Gasteiger partial charge in [0.15, 0.2) is 0 Å². The first-order valence-corrected chi connectivity index (χ1v) is 10.4. The molecule has 1 amide bonds. The topological polar surface area (TPSA) is 88.6 Å². The van der Waals surface area contributed by atoms with Crippen molar-refractivity contribution >= 4 is 15.9 Å². The van der Waals surface area contributed by atoms with Crippen molar-refractivity contribution in [2.24, 2.45) is 0 Å². The summed E-state index contributed by atoms with van der Waals surface area (Å²) in [7, 11) is -3.42. The highest BCUT2D eigenvalue weighted by molar-refractivity contribution is 7.88. The van der Waals surface area contributed by atoms with Gasteiger partial charge in [0.1, 0.15) is 0 Å². The third kappa shape index (κ3) is 5.12. The lowest BCUT2D eigenvalue weighted by molar-refractivity contribution is 0.0729. The van der Waals surface area contributed by atoms with E-state index in [1.165, 1.54) is 10.5 Å². The average Bonchev–Trinajstić information content (AvgIpc) is 2.68. The summed E-state index contributed by atoms with van der Waals surface area (Å²) in [4.78, 5) is 16.4. The molecule has 144 valence electrons. The van der Waals surface area contributed by atoms with Crippen molar-refractivity contribution in [3.8, 4) is 0 Å². The molecule has 1 aromatic heterocycles. The molecular weight excluding hydrogens is 366 g/mol. The van der Waals surface area contributed by atoms with E-state index in [0.29, 0.717) is 37.4 Å². The molecule has 1 fully saturated rings. The van der Waals surface area contributed by atoms with Gasteiger partial charge in [-0.2, -0.15) is 4.31 Å². The Morgan fingerprint density at radius 2 is 1.85 bits per heavy atom. The van der Waals surface area contributed by atoms with Crippen LogP contribution in [0.1, 0.15) is 27.2 Å². The average molecular weight is 389 g/mol. The molecule has 0 atom stereocenters. The molecule has 0 saturated carbocycles. The number of amides is 1. The summed E-state index contributed by atoms with van der Waals surface area (Å²) in [6, 6.07) is 10.7. The maximum atomic E-state index is 12.7. The normalized spacial score (nSPS) is 15.4. The minimum absolute atomic E-state index is 0.0921. The lowest BCUT2D eigenvalue weighted by Crippen LogP contribution is -2.41. The summed E-state index contributed by atoms with van der Waals surface area (Å²) in [5.41, 5.74) is 2.78. The highest BCUT2D eigenvalue weighted by atomic mass is 32.2. The van der Waals surface area contributed by atoms with E-state index in [4.69, 9.17) is 4.74 Å². The van der Waals surface area contributed by atoms with Crippen molar-refractivity contribution in [1.82, 2.24) is 14.6 Å². The Morgan fingerprint density at radius 1 is 1.15 bits per heavy atom. The highest BCUT2D eigenvalue weighted by Gasteiger charge is 2.25. The van der Waals surface area contributed by atoms with Gasteiger partial charge in [0, 0.05) is 31.5 Å². The quantitative estimate of drug-likeness (QED) is 0.808. The van der Waals surface area contributed by atoms with E-state index in [1.807, 2.05) is 19.1 Å². The Bertz CT molecular complexity index is 891. The van der Waals surface area contributed by atoms with Crippen LogP contribution in [0, 0.1) is 6.92 Å². The van der Waals surface area contributed by atoms with Crippen LogP contribution in [0.5, 0.6) is 0 Å². The van der Waals surface area contributed by atoms with Gasteiger partial charge in [0.2, 0.25) is 10.0 Å². The minimum atomic E-state index is -3.42. The number of sulfonamides is 1. The SMILES string of the molecule is Cc1ccc(C(=O)NCc2ccccc2CS(=O)(=O)N2CCOCC2)cn1. The smallest absolute Gasteiger partial charge is 0.253 e. The molecule has 3 rings (SSSR count). The van der Waals surface area contributed by atoms with Crippen LogP contribution in [0.25, 0.3) is 0 Å². The third-order valence-electron chi connectivity index (χ3n) is 4.43. The molecule has 0 unspecified atom stereocenters. The molecular formula is C19H23N3O4S. The lowest BCUT2D eigenvalue weighted by Gasteiger charge is -2.26. The van der Waals surface area contributed by atoms with Crippen LogP contribution >= 0.6 is 0 Å². The van der Waals surface area contributed by atoms with E-state index >= 15 is 0 Å². The van der Waals surface area contributed by atoms with E-state index in [0.717, 1.165) is 11.3 Å². The van der Waals surface area contributed by atoms with Crippen LogP contribution in [-0.4, -0.2) is 49.9 Å². The Hall–Kier alpha value is -2.29. The summed E-state index contributed by atoms with van der Waals surface area (Å²) in [5.74, 6) is -0.334. The summed E-state index contributed by atoms with van der Waals surface area (Å²) in [5, 5.41) is 2.83. The molecule has 1 N–H and O–H groups in total. The molecule has 0 bridgehead atoms. The van der Waals surface area contributed by atoms with Crippen molar-refractivity contribution in [3.63, 3.8) is 0 Å². The minimum Gasteiger partial charge on any atom is -0.379 e. The van der Waals surface area contributed by atoms with Gasteiger partial charge in [-0.05, 0) is 30.2 Å². The molecule has 2 aromatic rings. The Balaban J connectivity index is 1.68. The molecule has 0 radical (unpaired) electrons. The fourth-order valence-electron chi connectivity index (χ4n) is 2.86. The zero-order valence-electron chi connectivity index (χ0n) is 15.2. The number of hydrogen-bond donors (Lipinski definition) is 1. The predicted octanol–water partition coefficient (Wildman–Crippen LogP) is 1.48. The Morgan fingerprint density at radius 3 is 2.52 bits per heavy atom. The maximum absolute atomic E-state index is 12.7. The molecule has 2 heterocycles. The van der Waals surface area contributed by atoms with Crippen LogP contribution in [0.2, 0.25) is 0 Å². The second-order valence-electron chi connectivity index (χ2n) is 6.41. The highest BCUT2D eigenvalue weighted by Crippen LogP contribution is 2.17. The Labute approximate surface area is 159 Å². The number of ether oxygens (including phenoxy) is 1. The number of benzene rings is 1. The number of pyridine rings is 1. The van der Waals surface area contributed by atoms with Crippen LogP contribution in [-0.2, 0) is 27.1 Å². The van der Waals surface area contributed by atoms with Gasteiger partial charge in [0.05, 0.1) is 24.5 Å². The number of aryl methyl sites for hydroxylation is 1. The number of carbonyl (C=O) groups is 1. The van der Waals surface area contributed by atoms with Gasteiger partial charge in [-0.25, -0.2) is 8.42 Å². The summed E-state index contributed by atoms with van der Waals surface area (Å²) in [6.07, 6.45) is 1.53. The van der Waals surface area contributed by atoms with Crippen molar-refractivity contribution in [2.75, 3.05) is 26.3 Å². The molecule has 0 aliphatic carbocycles. The fourth-order valence-corrected chi connectivity index (χ4v) is 4.43. The first-order chi connectivity index (χ1) is 13.0. The van der Waals surface area contributed by atoms with Gasteiger partial charge in [-0.3, -0.25) is 9.78 Å². The zero-order valence-corrected chi connectivity index (χ0v) is 16.0. The second-order valence-corrected chi connectivity index (χ2v) is 8.38. The van der Waals surface area contributed by atoms with Crippen LogP contribution < -0.4 is 5.32 Å². The summed E-state index contributed by atoms with van der Waals surface area (Å²) in [6.45, 7) is 3.70. The molecule has 27 heavy (non-hydrogen) atoms. The Kier molecular flexibility index (Phi) is 6.20. The number of hydrogen-bond acceptors (Lipinski definition) is 5. The van der Waals surface area contributed by atoms with Gasteiger partial charge < -0.3 is 10.1 Å². The monoisotopic (exact) mass is 389 g/mol. The van der Waals surface area contributed by atoms with Crippen LogP contribution in [0.15, 0.2) is 42.6 Å². The molecule has 1 aromatic carbocycles. The molecule has 1 aliphatic heterocycles. The second kappa shape index (κ2) is 8.60. The molecule has 8 heteroatoms. The zero-order chi connectivity index (χ0) is 19.3. The first kappa shape index (κ1) is 19.5. The van der Waals surface area contributed by atoms with E-state index in [2.05, 4.69) is 10.3 Å². The number of morpholine rings is 1. The van der Waals surface area contributed by atoms with E-state index in [-0.39, 0.29) is 18.2 Å². The predicted molar refractivity (Wildman–Crippen MR) is 102 cm³/mol. The van der Waals surface area contributed by atoms with Crippen LogP contribution in [0.3, 0.4) is 0 Å². The third-order valence-corrected chi connectivity index (χ3v) is 6.26. The van der Waals surface area contributed by atoms with E-state index < -0.39 is 10.0 Å². The molecule has 1 saturated heterocycles. The lowest BCUT2D eigenvalue weighted by atomic mass is 10.1. The molecule has 0 spiro atoms. The standard InChI is InChI=1S/C19H23N3O4S/c1-15-6-7-17(13-20-15)19(23)21-12-16-4-2-3-5-18(16)14-27(24,25)22-8-10-26-11-9-22/h2-7,13H,8-12,14H2,1H3,(H,21,23). The van der Waals surface area contributed by atoms with Crippen molar-refractivity contribution in [1.29, 1.82) is 0 Å². The van der Waals surface area contributed by atoms with E-state index in [1.54, 1.807) is 24.3 Å². The molecule has 7 nitrogen and oxygen atoms in total. The van der Waals surface area contributed by atoms with Crippen molar-refractivity contribution in [2.45, 2.75) is 19.2 Å². The van der Waals surface area contributed by atoms with Gasteiger partial charge in [-0.15, -0.1) is 0 Å². The van der Waals surface area contributed by atoms with E-state index in [9.17, 15) is 13.2 Å².